The van der Waals surface area contributed by atoms with Gasteiger partial charge in [-0.3, -0.25) is 4.79 Å². The quantitative estimate of drug-likeness (QED) is 0.367. The number of rotatable bonds is 12. The summed E-state index contributed by atoms with van der Waals surface area (Å²) in [5, 5.41) is 23.4. The topological polar surface area (TPSA) is 125 Å². The Morgan fingerprint density at radius 2 is 1.60 bits per heavy atom. The van der Waals surface area contributed by atoms with Crippen molar-refractivity contribution in [1.29, 1.82) is 0 Å². The zero-order chi connectivity index (χ0) is 25.4. The molecule has 2 atom stereocenters. The molecule has 2 amide bonds. The Kier molecular flexibility index (Phi) is 9.25. The van der Waals surface area contributed by atoms with Gasteiger partial charge >= 0.3 is 12.1 Å². The third kappa shape index (κ3) is 7.05. The maximum Gasteiger partial charge on any atom is 0.407 e. The van der Waals surface area contributed by atoms with Crippen LogP contribution >= 0.6 is 0 Å². The Labute approximate surface area is 205 Å². The number of hydrogen-bond acceptors (Lipinski definition) is 5. The van der Waals surface area contributed by atoms with Crippen LogP contribution in [0.5, 0.6) is 0 Å². The van der Waals surface area contributed by atoms with E-state index in [2.05, 4.69) is 34.9 Å². The maximum absolute atomic E-state index is 12.5. The average Bonchev–Trinajstić information content (AvgIpc) is 3.14. The molecule has 1 aliphatic carbocycles. The van der Waals surface area contributed by atoms with Crippen LogP contribution in [0.4, 0.5) is 4.79 Å². The highest BCUT2D eigenvalue weighted by molar-refractivity contribution is 5.83. The van der Waals surface area contributed by atoms with Gasteiger partial charge in [-0.1, -0.05) is 62.4 Å². The van der Waals surface area contributed by atoms with Crippen molar-refractivity contribution in [3.05, 3.63) is 59.7 Å². The Bertz CT molecular complexity index is 992. The number of hydrogen-bond donors (Lipinski definition) is 4. The molecule has 8 nitrogen and oxygen atoms in total. The van der Waals surface area contributed by atoms with Crippen molar-refractivity contribution in [2.45, 2.75) is 45.1 Å². The van der Waals surface area contributed by atoms with Crippen molar-refractivity contribution in [3.8, 4) is 11.1 Å². The summed E-state index contributed by atoms with van der Waals surface area (Å²) in [6.07, 6.45) is 0.129. The van der Waals surface area contributed by atoms with E-state index in [0.29, 0.717) is 6.42 Å². The first kappa shape index (κ1) is 26.2. The molecule has 0 saturated carbocycles. The average molecular weight is 483 g/mol. The molecule has 4 N–H and O–H groups in total. The number of carbonyl (C=O) groups is 3. The van der Waals surface area contributed by atoms with Crippen LogP contribution in [0.15, 0.2) is 48.5 Å². The van der Waals surface area contributed by atoms with Gasteiger partial charge in [0.15, 0.2) is 0 Å². The van der Waals surface area contributed by atoms with Crippen LogP contribution in [0, 0.1) is 11.8 Å². The van der Waals surface area contributed by atoms with E-state index in [1.807, 2.05) is 38.1 Å². The molecule has 3 rings (SSSR count). The van der Waals surface area contributed by atoms with Crippen molar-refractivity contribution in [3.63, 3.8) is 0 Å². The van der Waals surface area contributed by atoms with Crippen molar-refractivity contribution < 1.29 is 29.3 Å². The Morgan fingerprint density at radius 1 is 1.00 bits per heavy atom. The number of carbonyl (C=O) groups excluding carboxylic acids is 2. The smallest absolute Gasteiger partial charge is 0.407 e. The second-order valence-corrected chi connectivity index (χ2v) is 9.38. The number of alkyl carbamates (subject to hydrolysis) is 1. The van der Waals surface area contributed by atoms with Gasteiger partial charge in [0, 0.05) is 31.9 Å². The monoisotopic (exact) mass is 482 g/mol. The van der Waals surface area contributed by atoms with Gasteiger partial charge in [0.25, 0.3) is 0 Å². The molecule has 0 radical (unpaired) electrons. The van der Waals surface area contributed by atoms with Gasteiger partial charge in [-0.15, -0.1) is 0 Å². The number of nitrogens with one attached hydrogen (secondary N) is 2. The molecule has 0 aliphatic heterocycles. The minimum atomic E-state index is -1.19. The van der Waals surface area contributed by atoms with Crippen molar-refractivity contribution in [1.82, 2.24) is 10.6 Å². The number of carboxylic acid groups (broad SMARTS) is 1. The molecule has 188 valence electrons. The predicted octanol–water partition coefficient (Wildman–Crippen LogP) is 3.53. The number of carboxylic acids is 1. The van der Waals surface area contributed by atoms with E-state index in [4.69, 9.17) is 9.84 Å². The van der Waals surface area contributed by atoms with Crippen LogP contribution in [-0.2, 0) is 14.3 Å². The molecule has 1 unspecified atom stereocenters. The van der Waals surface area contributed by atoms with E-state index in [-0.39, 0.29) is 50.4 Å². The minimum absolute atomic E-state index is 0.0372. The highest BCUT2D eigenvalue weighted by Gasteiger charge is 2.29. The molecule has 0 aromatic heterocycles. The van der Waals surface area contributed by atoms with E-state index in [9.17, 15) is 19.5 Å². The number of aliphatic carboxylic acids is 1. The summed E-state index contributed by atoms with van der Waals surface area (Å²) in [4.78, 5) is 36.2. The van der Waals surface area contributed by atoms with Gasteiger partial charge in [-0.2, -0.15) is 0 Å². The molecular formula is C27H34N2O6. The van der Waals surface area contributed by atoms with Crippen LogP contribution in [-0.4, -0.2) is 54.0 Å². The highest BCUT2D eigenvalue weighted by Crippen LogP contribution is 2.44. The van der Waals surface area contributed by atoms with Crippen LogP contribution in [0.25, 0.3) is 11.1 Å². The summed E-state index contributed by atoms with van der Waals surface area (Å²) in [6, 6.07) is 15.1. The summed E-state index contributed by atoms with van der Waals surface area (Å²) in [5.74, 6) is -1.55. The summed E-state index contributed by atoms with van der Waals surface area (Å²) >= 11 is 0. The van der Waals surface area contributed by atoms with E-state index in [1.54, 1.807) is 0 Å². The first-order valence-corrected chi connectivity index (χ1v) is 12.0. The highest BCUT2D eigenvalue weighted by atomic mass is 16.5. The summed E-state index contributed by atoms with van der Waals surface area (Å²) in [7, 11) is 0. The van der Waals surface area contributed by atoms with Crippen molar-refractivity contribution >= 4 is 18.0 Å². The number of amides is 2. The lowest BCUT2D eigenvalue weighted by Crippen LogP contribution is -2.43. The summed E-state index contributed by atoms with van der Waals surface area (Å²) in [5.41, 5.74) is 4.57. The molecule has 0 saturated heterocycles. The predicted molar refractivity (Wildman–Crippen MR) is 132 cm³/mol. The summed E-state index contributed by atoms with van der Waals surface area (Å²) in [6.45, 7) is 4.14. The van der Waals surface area contributed by atoms with Crippen molar-refractivity contribution in [2.75, 3.05) is 19.8 Å². The van der Waals surface area contributed by atoms with Crippen LogP contribution in [0.1, 0.15) is 50.2 Å². The molecule has 0 fully saturated rings. The molecule has 2 aromatic carbocycles. The first-order valence-electron chi connectivity index (χ1n) is 12.0. The molecule has 2 aromatic rings. The lowest BCUT2D eigenvalue weighted by Gasteiger charge is -2.21. The van der Waals surface area contributed by atoms with E-state index >= 15 is 0 Å². The Morgan fingerprint density at radius 3 is 2.14 bits per heavy atom. The summed E-state index contributed by atoms with van der Waals surface area (Å²) < 4.78 is 5.57. The third-order valence-electron chi connectivity index (χ3n) is 6.21. The van der Waals surface area contributed by atoms with Crippen LogP contribution in [0.3, 0.4) is 0 Å². The van der Waals surface area contributed by atoms with Gasteiger partial charge in [-0.25, -0.2) is 9.59 Å². The molecule has 8 heteroatoms. The Hall–Kier alpha value is -3.39. The first-order chi connectivity index (χ1) is 16.8. The second kappa shape index (κ2) is 12.4. The molecular weight excluding hydrogens is 448 g/mol. The molecule has 35 heavy (non-hydrogen) atoms. The fraction of sp³-hybridized carbons (Fsp3) is 0.444. The fourth-order valence-corrected chi connectivity index (χ4v) is 4.68. The molecule has 0 spiro atoms. The van der Waals surface area contributed by atoms with Gasteiger partial charge < -0.3 is 25.6 Å². The van der Waals surface area contributed by atoms with Crippen LogP contribution < -0.4 is 10.6 Å². The fourth-order valence-electron chi connectivity index (χ4n) is 4.68. The Balaban J connectivity index is 1.55. The third-order valence-corrected chi connectivity index (χ3v) is 6.21. The SMILES string of the molecule is CC(C)CC(CNC(=O)OCC1c2ccccc2-c2ccccc21)CC(=O)N[C@H](CCO)C(=O)O. The standard InChI is InChI=1S/C27H34N2O6/c1-17(2)13-18(14-25(31)29-24(11-12-30)26(32)33)15-28-27(34)35-16-23-21-9-5-3-7-19(21)20-8-4-6-10-22(20)23/h3-10,17-18,23-24,30H,11-16H2,1-2H3,(H,28,34)(H,29,31)(H,32,33)/t18?,24-/m1/s1. The van der Waals surface area contributed by atoms with Crippen molar-refractivity contribution in [2.24, 2.45) is 11.8 Å². The largest absolute Gasteiger partial charge is 0.480 e. The number of aliphatic hydroxyl groups excluding tert-OH is 1. The molecule has 0 heterocycles. The number of aliphatic hydroxyl groups is 1. The van der Waals surface area contributed by atoms with E-state index in [1.165, 1.54) is 0 Å². The maximum atomic E-state index is 12.5. The zero-order valence-electron chi connectivity index (χ0n) is 20.2. The minimum Gasteiger partial charge on any atom is -0.480 e. The van der Waals surface area contributed by atoms with Gasteiger partial charge in [0.2, 0.25) is 5.91 Å². The lowest BCUT2D eigenvalue weighted by atomic mass is 9.93. The number of fused-ring (bicyclic) bond motifs is 3. The molecule has 1 aliphatic rings. The van der Waals surface area contributed by atoms with Gasteiger partial charge in [0.05, 0.1) is 0 Å². The number of benzene rings is 2. The van der Waals surface area contributed by atoms with Gasteiger partial charge in [0.1, 0.15) is 12.6 Å². The zero-order valence-corrected chi connectivity index (χ0v) is 20.2. The van der Waals surface area contributed by atoms with E-state index in [0.717, 1.165) is 22.3 Å². The lowest BCUT2D eigenvalue weighted by molar-refractivity contribution is -0.142. The number of ether oxygens (including phenoxy) is 1. The van der Waals surface area contributed by atoms with E-state index < -0.39 is 24.0 Å². The van der Waals surface area contributed by atoms with Crippen LogP contribution in [0.2, 0.25) is 0 Å². The molecule has 0 bridgehead atoms. The second-order valence-electron chi connectivity index (χ2n) is 9.38. The van der Waals surface area contributed by atoms with Gasteiger partial charge in [-0.05, 0) is 40.5 Å². The normalized spacial score (nSPS) is 14.1.